The van der Waals surface area contributed by atoms with Crippen molar-refractivity contribution in [3.63, 3.8) is 0 Å². The van der Waals surface area contributed by atoms with Gasteiger partial charge in [0.2, 0.25) is 11.8 Å². The van der Waals surface area contributed by atoms with Gasteiger partial charge in [0.05, 0.1) is 16.4 Å². The molecule has 0 bridgehead atoms. The molecule has 4 aromatic rings. The van der Waals surface area contributed by atoms with Crippen LogP contribution in [0.2, 0.25) is 0 Å². The number of aliphatic imine (C=N–C) groups is 1. The van der Waals surface area contributed by atoms with Crippen molar-refractivity contribution in [1.29, 1.82) is 0 Å². The minimum Gasteiger partial charge on any atom is -0.411 e. The summed E-state index contributed by atoms with van der Waals surface area (Å²) < 4.78 is 5.61. The second-order valence-corrected chi connectivity index (χ2v) is 8.21. The highest BCUT2D eigenvalue weighted by atomic mass is 32.2. The van der Waals surface area contributed by atoms with Crippen LogP contribution >= 0.6 is 23.1 Å². The van der Waals surface area contributed by atoms with Crippen LogP contribution in [0.3, 0.4) is 0 Å². The van der Waals surface area contributed by atoms with Gasteiger partial charge in [-0.05, 0) is 41.8 Å². The van der Waals surface area contributed by atoms with Gasteiger partial charge in [-0.1, -0.05) is 30.0 Å². The van der Waals surface area contributed by atoms with Gasteiger partial charge < -0.3 is 9.73 Å². The fourth-order valence-corrected chi connectivity index (χ4v) is 3.78. The average Bonchev–Trinajstić information content (AvgIpc) is 3.49. The van der Waals surface area contributed by atoms with Crippen LogP contribution < -0.4 is 5.32 Å². The van der Waals surface area contributed by atoms with E-state index < -0.39 is 10.8 Å². The number of nitro groups is 1. The maximum Gasteiger partial charge on any atom is 0.292 e. The number of hydrogen-bond acceptors (Lipinski definition) is 9. The molecule has 1 N–H and O–H groups in total. The summed E-state index contributed by atoms with van der Waals surface area (Å²) in [5, 5.41) is 23.7. The van der Waals surface area contributed by atoms with Gasteiger partial charge in [0.15, 0.2) is 0 Å². The first kappa shape index (κ1) is 21.4. The molecule has 2 heterocycles. The molecule has 9 nitrogen and oxygen atoms in total. The predicted octanol–water partition coefficient (Wildman–Crippen LogP) is 5.19. The molecule has 0 atom stereocenters. The number of thiophene rings is 1. The Morgan fingerprint density at radius 3 is 2.72 bits per heavy atom. The molecular weight excluding hydrogens is 450 g/mol. The minimum absolute atomic E-state index is 0.0376. The Hall–Kier alpha value is -3.83. The first-order valence-electron chi connectivity index (χ1n) is 9.26. The maximum absolute atomic E-state index is 12.2. The number of thioether (sulfide) groups is 1. The summed E-state index contributed by atoms with van der Waals surface area (Å²) in [6.07, 6.45) is 1.80. The van der Waals surface area contributed by atoms with Gasteiger partial charge in [0.1, 0.15) is 5.69 Å². The van der Waals surface area contributed by atoms with Crippen molar-refractivity contribution < 1.29 is 14.1 Å². The quantitative estimate of drug-likeness (QED) is 0.164. The smallest absolute Gasteiger partial charge is 0.292 e. The lowest BCUT2D eigenvalue weighted by Gasteiger charge is -2.04. The summed E-state index contributed by atoms with van der Waals surface area (Å²) in [4.78, 5) is 28.1. The van der Waals surface area contributed by atoms with Crippen molar-refractivity contribution in [2.24, 2.45) is 4.99 Å². The zero-order valence-corrected chi connectivity index (χ0v) is 18.0. The van der Waals surface area contributed by atoms with E-state index in [1.54, 1.807) is 23.6 Å². The summed E-state index contributed by atoms with van der Waals surface area (Å²) >= 11 is 2.65. The summed E-state index contributed by atoms with van der Waals surface area (Å²) in [5.41, 5.74) is 1.48. The molecule has 2 aromatic heterocycles. The van der Waals surface area contributed by atoms with Crippen molar-refractivity contribution in [2.75, 3.05) is 11.1 Å². The van der Waals surface area contributed by atoms with Gasteiger partial charge in [0, 0.05) is 22.7 Å². The molecule has 0 fully saturated rings. The number of nitrogens with zero attached hydrogens (tertiary/aromatic N) is 4. The Kier molecular flexibility index (Phi) is 6.68. The van der Waals surface area contributed by atoms with E-state index in [-0.39, 0.29) is 22.4 Å². The van der Waals surface area contributed by atoms with E-state index in [4.69, 9.17) is 4.42 Å². The van der Waals surface area contributed by atoms with Crippen LogP contribution in [-0.4, -0.2) is 33.0 Å². The first-order chi connectivity index (χ1) is 15.6. The van der Waals surface area contributed by atoms with Crippen LogP contribution in [0.15, 0.2) is 80.7 Å². The van der Waals surface area contributed by atoms with Gasteiger partial charge in [-0.15, -0.1) is 21.5 Å². The molecule has 0 aliphatic carbocycles. The minimum atomic E-state index is -0.550. The number of para-hydroxylation sites is 2. The van der Waals surface area contributed by atoms with Crippen LogP contribution in [0.5, 0.6) is 0 Å². The van der Waals surface area contributed by atoms with Crippen LogP contribution in [0.1, 0.15) is 4.88 Å². The number of amides is 1. The van der Waals surface area contributed by atoms with Crippen molar-refractivity contribution in [2.45, 2.75) is 5.22 Å². The SMILES string of the molecule is O=C(CSc1nnc(-c2ccc(N=Cc3cccs3)cc2)o1)Nc1ccccc1[N+](=O)[O-]. The normalized spacial score (nSPS) is 11.0. The van der Waals surface area contributed by atoms with E-state index in [2.05, 4.69) is 20.5 Å². The highest BCUT2D eigenvalue weighted by molar-refractivity contribution is 7.99. The van der Waals surface area contributed by atoms with Crippen LogP contribution in [-0.2, 0) is 4.79 Å². The molecule has 32 heavy (non-hydrogen) atoms. The largest absolute Gasteiger partial charge is 0.411 e. The van der Waals surface area contributed by atoms with Crippen molar-refractivity contribution in [1.82, 2.24) is 10.2 Å². The van der Waals surface area contributed by atoms with Gasteiger partial charge >= 0.3 is 0 Å². The third kappa shape index (κ3) is 5.45. The second-order valence-electron chi connectivity index (χ2n) is 6.30. The number of anilines is 1. The molecule has 0 unspecified atom stereocenters. The standard InChI is InChI=1S/C21H15N5O4S2/c27-19(23-17-5-1-2-6-18(17)26(28)29)13-32-21-25-24-20(30-21)14-7-9-15(10-8-14)22-12-16-4-3-11-31-16/h1-12H,13H2,(H,23,27). The van der Waals surface area contributed by atoms with Crippen LogP contribution in [0.4, 0.5) is 17.1 Å². The van der Waals surface area contributed by atoms with Gasteiger partial charge in [0.25, 0.3) is 10.9 Å². The molecule has 11 heteroatoms. The maximum atomic E-state index is 12.2. The van der Waals surface area contributed by atoms with E-state index in [0.717, 1.165) is 27.9 Å². The van der Waals surface area contributed by atoms with E-state index in [1.165, 1.54) is 18.2 Å². The zero-order valence-electron chi connectivity index (χ0n) is 16.4. The molecule has 0 aliphatic rings. The number of carbonyl (C=O) groups is 1. The Morgan fingerprint density at radius 2 is 1.97 bits per heavy atom. The van der Waals surface area contributed by atoms with Crippen molar-refractivity contribution >= 4 is 52.3 Å². The highest BCUT2D eigenvalue weighted by Crippen LogP contribution is 2.26. The summed E-state index contributed by atoms with van der Waals surface area (Å²) in [5.74, 6) is -0.137. The lowest BCUT2D eigenvalue weighted by molar-refractivity contribution is -0.383. The molecule has 0 saturated carbocycles. The van der Waals surface area contributed by atoms with Gasteiger partial charge in [-0.25, -0.2) is 0 Å². The molecule has 1 amide bonds. The van der Waals surface area contributed by atoms with E-state index in [1.807, 2.05) is 41.8 Å². The summed E-state index contributed by atoms with van der Waals surface area (Å²) in [6.45, 7) is 0. The third-order valence-corrected chi connectivity index (χ3v) is 5.73. The van der Waals surface area contributed by atoms with Gasteiger partial charge in [-0.3, -0.25) is 19.9 Å². The van der Waals surface area contributed by atoms with E-state index >= 15 is 0 Å². The van der Waals surface area contributed by atoms with Gasteiger partial charge in [-0.2, -0.15) is 0 Å². The van der Waals surface area contributed by atoms with Crippen LogP contribution in [0, 0.1) is 10.1 Å². The molecule has 0 aliphatic heterocycles. The Labute approximate surface area is 190 Å². The van der Waals surface area contributed by atoms with E-state index in [0.29, 0.717) is 5.89 Å². The van der Waals surface area contributed by atoms with Crippen molar-refractivity contribution in [3.8, 4) is 11.5 Å². The third-order valence-electron chi connectivity index (χ3n) is 4.11. The molecule has 0 radical (unpaired) electrons. The number of rotatable bonds is 8. The number of aromatic nitrogens is 2. The van der Waals surface area contributed by atoms with E-state index in [9.17, 15) is 14.9 Å². The number of nitrogens with one attached hydrogen (secondary N) is 1. The average molecular weight is 466 g/mol. The number of nitro benzene ring substituents is 1. The number of hydrogen-bond donors (Lipinski definition) is 1. The summed E-state index contributed by atoms with van der Waals surface area (Å²) in [7, 11) is 0. The molecule has 4 rings (SSSR count). The second kappa shape index (κ2) is 9.98. The Balaban J connectivity index is 1.34. The lowest BCUT2D eigenvalue weighted by Crippen LogP contribution is -2.15. The Morgan fingerprint density at radius 1 is 1.16 bits per heavy atom. The number of carbonyl (C=O) groups excluding carboxylic acids is 1. The lowest BCUT2D eigenvalue weighted by atomic mass is 10.2. The zero-order chi connectivity index (χ0) is 22.3. The van der Waals surface area contributed by atoms with Crippen molar-refractivity contribution in [3.05, 3.63) is 81.0 Å². The molecule has 0 saturated heterocycles. The number of benzene rings is 2. The molecule has 160 valence electrons. The molecular formula is C21H15N5O4S2. The van der Waals surface area contributed by atoms with Crippen LogP contribution in [0.25, 0.3) is 11.5 Å². The summed E-state index contributed by atoms with van der Waals surface area (Å²) in [6, 6.07) is 17.2. The molecule has 0 spiro atoms. The Bertz CT molecular complexity index is 1250. The fraction of sp³-hybridized carbons (Fsp3) is 0.0476. The molecule has 2 aromatic carbocycles. The topological polar surface area (TPSA) is 124 Å². The monoisotopic (exact) mass is 465 g/mol. The first-order valence-corrected chi connectivity index (χ1v) is 11.1. The predicted molar refractivity (Wildman–Crippen MR) is 124 cm³/mol. The highest BCUT2D eigenvalue weighted by Gasteiger charge is 2.16. The fourth-order valence-electron chi connectivity index (χ4n) is 2.63.